The number of carbonyl (C=O) groups is 1. The third-order valence-corrected chi connectivity index (χ3v) is 8.63. The molecule has 1 amide bonds. The molecule has 0 atom stereocenters. The molecule has 0 bridgehead atoms. The van der Waals surface area contributed by atoms with Gasteiger partial charge in [-0.15, -0.1) is 0 Å². The first-order valence-corrected chi connectivity index (χ1v) is 12.4. The summed E-state index contributed by atoms with van der Waals surface area (Å²) in [4.78, 5) is 25.6. The number of halogens is 1. The molecule has 1 aliphatic carbocycles. The Morgan fingerprint density at radius 1 is 1.00 bits per heavy atom. The maximum atomic E-state index is 13.6. The van der Waals surface area contributed by atoms with E-state index in [9.17, 15) is 23.3 Å². The van der Waals surface area contributed by atoms with Crippen molar-refractivity contribution < 1.29 is 18.1 Å². The number of benzene rings is 2. The number of sulfonamides is 1. The van der Waals surface area contributed by atoms with Crippen LogP contribution in [0.3, 0.4) is 0 Å². The number of nitro groups is 1. The lowest BCUT2D eigenvalue weighted by Gasteiger charge is -2.39. The lowest BCUT2D eigenvalue weighted by molar-refractivity contribution is -0.387. The van der Waals surface area contributed by atoms with Crippen LogP contribution in [-0.2, 0) is 20.2 Å². The first kappa shape index (κ1) is 22.7. The number of nitrogens with zero attached hydrogens (tertiary/aromatic N) is 3. The van der Waals surface area contributed by atoms with Gasteiger partial charge in [-0.2, -0.15) is 4.31 Å². The van der Waals surface area contributed by atoms with Gasteiger partial charge in [0.1, 0.15) is 0 Å². The third kappa shape index (κ3) is 4.00. The van der Waals surface area contributed by atoms with Crippen molar-refractivity contribution in [3.63, 3.8) is 0 Å². The molecular formula is C22H24ClN3O5S. The molecule has 1 saturated heterocycles. The zero-order chi connectivity index (χ0) is 22.9. The summed E-state index contributed by atoms with van der Waals surface area (Å²) in [5.74, 6) is 0.00000583. The fourth-order valence-electron chi connectivity index (χ4n) is 4.79. The van der Waals surface area contributed by atoms with E-state index in [0.717, 1.165) is 31.2 Å². The monoisotopic (exact) mass is 477 g/mol. The van der Waals surface area contributed by atoms with Gasteiger partial charge >= 0.3 is 0 Å². The maximum Gasteiger partial charge on any atom is 0.289 e. The van der Waals surface area contributed by atoms with Gasteiger partial charge in [-0.3, -0.25) is 14.9 Å². The normalized spacial score (nSPS) is 19.1. The number of carbonyl (C=O) groups excluding carboxylic acids is 1. The van der Waals surface area contributed by atoms with Crippen LogP contribution in [-0.4, -0.2) is 54.6 Å². The van der Waals surface area contributed by atoms with Gasteiger partial charge in [0.15, 0.2) is 4.90 Å². The number of hydrogen-bond donors (Lipinski definition) is 0. The van der Waals surface area contributed by atoms with Crippen molar-refractivity contribution in [1.29, 1.82) is 0 Å². The van der Waals surface area contributed by atoms with Crippen molar-refractivity contribution in [2.24, 2.45) is 0 Å². The first-order chi connectivity index (χ1) is 15.3. The van der Waals surface area contributed by atoms with E-state index >= 15 is 0 Å². The van der Waals surface area contributed by atoms with Gasteiger partial charge in [0.2, 0.25) is 15.9 Å². The Labute approximate surface area is 192 Å². The lowest BCUT2D eigenvalue weighted by atomic mass is 9.77. The van der Waals surface area contributed by atoms with Crippen LogP contribution in [0.5, 0.6) is 0 Å². The van der Waals surface area contributed by atoms with Gasteiger partial charge in [-0.25, -0.2) is 8.42 Å². The molecule has 2 aromatic carbocycles. The van der Waals surface area contributed by atoms with Crippen LogP contribution >= 0.6 is 11.6 Å². The zero-order valence-electron chi connectivity index (χ0n) is 17.4. The standard InChI is InChI=1S/C22H24ClN3O5S/c23-18-7-5-6-17(16-18)22(10-3-4-11-22)21(27)24-12-14-25(15-13-24)32(30,31)20-9-2-1-8-19(20)26(28)29/h1-2,5-9,16H,3-4,10-15H2. The molecule has 1 heterocycles. The number of hydrogen-bond acceptors (Lipinski definition) is 5. The van der Waals surface area contributed by atoms with Crippen LogP contribution in [0.15, 0.2) is 53.4 Å². The summed E-state index contributed by atoms with van der Waals surface area (Å²) in [6.07, 6.45) is 3.37. The van der Waals surface area contributed by atoms with Crippen LogP contribution in [0.4, 0.5) is 5.69 Å². The molecule has 1 aliphatic heterocycles. The summed E-state index contributed by atoms with van der Waals surface area (Å²) in [5, 5.41) is 11.9. The molecule has 1 saturated carbocycles. The van der Waals surface area contributed by atoms with Gasteiger partial charge in [0.05, 0.1) is 10.3 Å². The Morgan fingerprint density at radius 2 is 1.66 bits per heavy atom. The maximum absolute atomic E-state index is 13.6. The number of para-hydroxylation sites is 1. The molecule has 0 spiro atoms. The Hall–Kier alpha value is -2.49. The van der Waals surface area contributed by atoms with E-state index in [-0.39, 0.29) is 37.0 Å². The van der Waals surface area contributed by atoms with Crippen LogP contribution in [0, 0.1) is 10.1 Å². The quantitative estimate of drug-likeness (QED) is 0.483. The fourth-order valence-corrected chi connectivity index (χ4v) is 6.56. The van der Waals surface area contributed by atoms with E-state index in [1.165, 1.54) is 28.6 Å². The smallest absolute Gasteiger partial charge is 0.289 e. The predicted molar refractivity (Wildman–Crippen MR) is 120 cm³/mol. The van der Waals surface area contributed by atoms with Gasteiger partial charge in [-0.1, -0.05) is 48.7 Å². The zero-order valence-corrected chi connectivity index (χ0v) is 19.0. The van der Waals surface area contributed by atoms with E-state index in [0.29, 0.717) is 5.02 Å². The second-order valence-corrected chi connectivity index (χ2v) is 10.6. The molecule has 32 heavy (non-hydrogen) atoms. The number of amides is 1. The van der Waals surface area contributed by atoms with Crippen LogP contribution in [0.25, 0.3) is 0 Å². The highest BCUT2D eigenvalue weighted by molar-refractivity contribution is 7.89. The Balaban J connectivity index is 1.53. The van der Waals surface area contributed by atoms with Crippen molar-refractivity contribution in [2.45, 2.75) is 36.0 Å². The molecule has 0 aromatic heterocycles. The van der Waals surface area contributed by atoms with Crippen molar-refractivity contribution in [1.82, 2.24) is 9.21 Å². The van der Waals surface area contributed by atoms with E-state index in [1.54, 1.807) is 11.0 Å². The average Bonchev–Trinajstić information content (AvgIpc) is 3.30. The van der Waals surface area contributed by atoms with Crippen LogP contribution in [0.1, 0.15) is 31.2 Å². The third-order valence-electron chi connectivity index (χ3n) is 6.45. The molecule has 2 aliphatic rings. The highest BCUT2D eigenvalue weighted by Crippen LogP contribution is 2.43. The summed E-state index contributed by atoms with van der Waals surface area (Å²) in [7, 11) is -4.04. The lowest BCUT2D eigenvalue weighted by Crippen LogP contribution is -2.55. The summed E-state index contributed by atoms with van der Waals surface area (Å²) >= 11 is 6.19. The van der Waals surface area contributed by atoms with E-state index in [1.807, 2.05) is 18.2 Å². The van der Waals surface area contributed by atoms with Gasteiger partial charge < -0.3 is 4.90 Å². The molecule has 4 rings (SSSR count). The molecule has 2 aromatic rings. The minimum absolute atomic E-state index is 0.00000583. The van der Waals surface area contributed by atoms with E-state index < -0.39 is 26.0 Å². The number of rotatable bonds is 5. The van der Waals surface area contributed by atoms with E-state index in [2.05, 4.69) is 0 Å². The Kier molecular flexibility index (Phi) is 6.24. The van der Waals surface area contributed by atoms with Crippen LogP contribution < -0.4 is 0 Å². The second kappa shape index (κ2) is 8.80. The van der Waals surface area contributed by atoms with Gasteiger partial charge in [0, 0.05) is 37.3 Å². The van der Waals surface area contributed by atoms with Crippen molar-refractivity contribution in [3.8, 4) is 0 Å². The highest BCUT2D eigenvalue weighted by atomic mass is 35.5. The fraction of sp³-hybridized carbons (Fsp3) is 0.409. The number of piperazine rings is 1. The predicted octanol–water partition coefficient (Wildman–Crippen LogP) is 3.59. The topological polar surface area (TPSA) is 101 Å². The average molecular weight is 478 g/mol. The molecule has 8 nitrogen and oxygen atoms in total. The highest BCUT2D eigenvalue weighted by Gasteiger charge is 2.46. The molecule has 0 radical (unpaired) electrons. The second-order valence-electron chi connectivity index (χ2n) is 8.22. The molecule has 0 N–H and O–H groups in total. The minimum atomic E-state index is -4.04. The minimum Gasteiger partial charge on any atom is -0.339 e. The van der Waals surface area contributed by atoms with E-state index in [4.69, 9.17) is 11.6 Å². The summed E-state index contributed by atoms with van der Waals surface area (Å²) < 4.78 is 27.4. The Bertz CT molecular complexity index is 1140. The van der Waals surface area contributed by atoms with Crippen molar-refractivity contribution in [2.75, 3.05) is 26.2 Å². The molecule has 170 valence electrons. The largest absolute Gasteiger partial charge is 0.339 e. The van der Waals surface area contributed by atoms with Crippen LogP contribution in [0.2, 0.25) is 5.02 Å². The molecular weight excluding hydrogens is 454 g/mol. The number of nitro benzene ring substituents is 1. The molecule has 10 heteroatoms. The molecule has 2 fully saturated rings. The van der Waals surface area contributed by atoms with Crippen molar-refractivity contribution >= 4 is 33.2 Å². The summed E-state index contributed by atoms with van der Waals surface area (Å²) in [6.45, 7) is 0.652. The first-order valence-electron chi connectivity index (χ1n) is 10.5. The van der Waals surface area contributed by atoms with Gasteiger partial charge in [0.25, 0.3) is 5.69 Å². The Morgan fingerprint density at radius 3 is 2.28 bits per heavy atom. The van der Waals surface area contributed by atoms with Gasteiger partial charge in [-0.05, 0) is 36.6 Å². The molecule has 0 unspecified atom stereocenters. The van der Waals surface area contributed by atoms with Crippen molar-refractivity contribution in [3.05, 3.63) is 69.2 Å². The summed E-state index contributed by atoms with van der Waals surface area (Å²) in [6, 6.07) is 12.7. The summed E-state index contributed by atoms with van der Waals surface area (Å²) in [5.41, 5.74) is -0.177. The SMILES string of the molecule is O=C(N1CCN(S(=O)(=O)c2ccccc2[N+](=O)[O-])CC1)C1(c2cccc(Cl)c2)CCCC1.